The van der Waals surface area contributed by atoms with Gasteiger partial charge in [0.25, 0.3) is 0 Å². The lowest BCUT2D eigenvalue weighted by Crippen LogP contribution is -2.50. The number of alkyl halides is 6. The number of carboxylic acid groups (broad SMARTS) is 2. The number of nitrogens with zero attached hydrogens (tertiary/aromatic N) is 2. The lowest BCUT2D eigenvalue weighted by molar-refractivity contribution is -0.193. The molecule has 0 spiro atoms. The van der Waals surface area contributed by atoms with Crippen LogP contribution in [0.5, 0.6) is 0 Å². The maximum absolute atomic E-state index is 13.0. The van der Waals surface area contributed by atoms with Gasteiger partial charge in [-0.3, -0.25) is 15.5 Å². The number of guanidine groups is 1. The molecule has 0 saturated heterocycles. The van der Waals surface area contributed by atoms with Crippen molar-refractivity contribution in [1.29, 1.82) is 5.41 Å². The van der Waals surface area contributed by atoms with E-state index in [2.05, 4.69) is 27.0 Å². The van der Waals surface area contributed by atoms with Crippen molar-refractivity contribution in [1.82, 2.24) is 15.3 Å². The van der Waals surface area contributed by atoms with Crippen LogP contribution in [0.2, 0.25) is 0 Å². The number of aromatic nitrogens is 2. The van der Waals surface area contributed by atoms with Gasteiger partial charge in [-0.1, -0.05) is 66.9 Å². The molecular weight excluding hydrogens is 676 g/mol. The van der Waals surface area contributed by atoms with Crippen LogP contribution in [-0.2, 0) is 20.8 Å². The van der Waals surface area contributed by atoms with Crippen LogP contribution in [0.25, 0.3) is 21.7 Å². The van der Waals surface area contributed by atoms with Crippen LogP contribution in [0.3, 0.4) is 0 Å². The Morgan fingerprint density at radius 2 is 1.44 bits per heavy atom. The highest BCUT2D eigenvalue weighted by atomic mass is 19.4. The van der Waals surface area contributed by atoms with Gasteiger partial charge >= 0.3 is 24.3 Å². The van der Waals surface area contributed by atoms with Gasteiger partial charge in [-0.25, -0.2) is 14.6 Å². The predicted octanol–water partition coefficient (Wildman–Crippen LogP) is 5.75. The number of nitrogens with one attached hydrogen (secondary N) is 4. The van der Waals surface area contributed by atoms with Crippen LogP contribution < -0.4 is 21.7 Å². The second-order valence-electron chi connectivity index (χ2n) is 11.1. The first-order valence-electron chi connectivity index (χ1n) is 14.9. The second kappa shape index (κ2) is 16.6. The monoisotopic (exact) mass is 709 g/mol. The summed E-state index contributed by atoms with van der Waals surface area (Å²) >= 11 is 0. The normalized spacial score (nSPS) is 15.8. The van der Waals surface area contributed by atoms with Crippen LogP contribution in [0, 0.1) is 12.3 Å². The lowest BCUT2D eigenvalue weighted by atomic mass is 9.90. The number of carboxylic acids is 2. The Kier molecular flexibility index (Phi) is 12.9. The number of fused-ring (bicyclic) bond motifs is 2. The van der Waals surface area contributed by atoms with E-state index in [0.717, 1.165) is 58.5 Å². The Morgan fingerprint density at radius 3 is 2.04 bits per heavy atom. The molecule has 18 heteroatoms. The third-order valence-electron chi connectivity index (χ3n) is 7.25. The number of amides is 1. The molecular formula is C32H33F6N7O5. The maximum Gasteiger partial charge on any atom is 0.490 e. The Labute approximate surface area is 280 Å². The summed E-state index contributed by atoms with van der Waals surface area (Å²) in [7, 11) is 0. The molecule has 5 rings (SSSR count). The van der Waals surface area contributed by atoms with E-state index in [9.17, 15) is 31.1 Å². The molecule has 2 atom stereocenters. The van der Waals surface area contributed by atoms with E-state index >= 15 is 0 Å². The largest absolute Gasteiger partial charge is 0.490 e. The van der Waals surface area contributed by atoms with Crippen molar-refractivity contribution in [3.05, 3.63) is 71.8 Å². The van der Waals surface area contributed by atoms with Crippen molar-refractivity contribution in [2.75, 3.05) is 10.6 Å². The minimum Gasteiger partial charge on any atom is -0.475 e. The van der Waals surface area contributed by atoms with E-state index in [1.165, 1.54) is 0 Å². The van der Waals surface area contributed by atoms with E-state index in [1.54, 1.807) is 0 Å². The zero-order chi connectivity index (χ0) is 37.2. The second-order valence-corrected chi connectivity index (χ2v) is 11.1. The quantitative estimate of drug-likeness (QED) is 0.0734. The van der Waals surface area contributed by atoms with Crippen LogP contribution in [0.1, 0.15) is 36.8 Å². The van der Waals surface area contributed by atoms with Gasteiger partial charge in [0.15, 0.2) is 5.96 Å². The Morgan fingerprint density at radius 1 is 0.860 bits per heavy atom. The molecule has 1 heterocycles. The van der Waals surface area contributed by atoms with Gasteiger partial charge in [0.05, 0.1) is 11.9 Å². The third-order valence-corrected chi connectivity index (χ3v) is 7.25. The SMILES string of the molecule is Cc1ccc2nc(NC(=O)Cc3cccc4ccccc34)nc(NC3CCCCC3NC(=N)N)c2c1.O=C(O)C(F)(F)F.O=C(O)C(F)(F)F. The maximum atomic E-state index is 13.0. The molecule has 1 saturated carbocycles. The minimum absolute atomic E-state index is 0.0292. The molecule has 1 aromatic heterocycles. The predicted molar refractivity (Wildman–Crippen MR) is 173 cm³/mol. The average molecular weight is 710 g/mol. The van der Waals surface area contributed by atoms with E-state index < -0.39 is 24.3 Å². The van der Waals surface area contributed by atoms with Crippen molar-refractivity contribution in [3.8, 4) is 0 Å². The lowest BCUT2D eigenvalue weighted by Gasteiger charge is -2.33. The van der Waals surface area contributed by atoms with E-state index in [4.69, 9.17) is 35.9 Å². The number of aryl methyl sites for hydroxylation is 1. The molecule has 4 aromatic rings. The molecule has 0 radical (unpaired) electrons. The molecule has 50 heavy (non-hydrogen) atoms. The highest BCUT2D eigenvalue weighted by Crippen LogP contribution is 2.28. The topological polar surface area (TPSA) is 203 Å². The van der Waals surface area contributed by atoms with E-state index in [-0.39, 0.29) is 36.3 Å². The summed E-state index contributed by atoms with van der Waals surface area (Å²) in [4.78, 5) is 40.2. The number of halogens is 6. The number of rotatable bonds is 6. The van der Waals surface area contributed by atoms with Gasteiger partial charge in [0.1, 0.15) is 5.82 Å². The van der Waals surface area contributed by atoms with Crippen LogP contribution in [0.4, 0.5) is 38.1 Å². The molecule has 0 aliphatic heterocycles. The van der Waals surface area contributed by atoms with E-state index in [1.807, 2.05) is 61.5 Å². The first-order valence-corrected chi connectivity index (χ1v) is 14.9. The summed E-state index contributed by atoms with van der Waals surface area (Å²) in [6.45, 7) is 2.03. The smallest absolute Gasteiger partial charge is 0.475 e. The molecule has 0 bridgehead atoms. The molecule has 1 aliphatic rings. The fourth-order valence-corrected chi connectivity index (χ4v) is 5.05. The van der Waals surface area contributed by atoms with Crippen molar-refractivity contribution < 1.29 is 50.9 Å². The highest BCUT2D eigenvalue weighted by Gasteiger charge is 2.39. The first kappa shape index (κ1) is 38.8. The molecule has 1 amide bonds. The number of carbonyl (C=O) groups excluding carboxylic acids is 1. The van der Waals surface area contributed by atoms with Crippen molar-refractivity contribution in [3.63, 3.8) is 0 Å². The molecule has 1 fully saturated rings. The zero-order valence-electron chi connectivity index (χ0n) is 26.3. The van der Waals surface area contributed by atoms with Crippen LogP contribution in [-0.4, -0.2) is 68.4 Å². The fourth-order valence-electron chi connectivity index (χ4n) is 5.05. The summed E-state index contributed by atoms with van der Waals surface area (Å²) in [6.07, 6.45) is -5.90. The molecule has 3 aromatic carbocycles. The van der Waals surface area contributed by atoms with Crippen LogP contribution >= 0.6 is 0 Å². The number of carbonyl (C=O) groups is 3. The molecule has 2 unspecified atom stereocenters. The Balaban J connectivity index is 0.000000408. The average Bonchev–Trinajstić information content (AvgIpc) is 3.02. The summed E-state index contributed by atoms with van der Waals surface area (Å²) in [5, 5.41) is 34.6. The number of benzene rings is 3. The van der Waals surface area contributed by atoms with Gasteiger partial charge in [0.2, 0.25) is 11.9 Å². The van der Waals surface area contributed by atoms with Gasteiger partial charge in [-0.2, -0.15) is 31.3 Å². The molecule has 8 N–H and O–H groups in total. The summed E-state index contributed by atoms with van der Waals surface area (Å²) in [6, 6.07) is 20.1. The van der Waals surface area contributed by atoms with Gasteiger partial charge < -0.3 is 26.6 Å². The first-order chi connectivity index (χ1) is 23.3. The number of hydrogen-bond acceptors (Lipinski definition) is 7. The standard InChI is InChI=1S/C28H31N7O.2C2HF3O2/c1-17-13-14-22-21(15-17)26(31-23-11-4-5-12-24(23)32-27(29)30)35-28(33-22)34-25(36)16-19-9-6-8-18-7-2-3-10-20(18)19;2*3-2(4,5)1(6)7/h2-3,6-10,13-15,23-24H,4-5,11-12,16H2,1H3,(H4,29,30,32)(H2,31,33,34,35,36);2*(H,6,7). The highest BCUT2D eigenvalue weighted by molar-refractivity contribution is 5.97. The fraction of sp³-hybridized carbons (Fsp3) is 0.312. The summed E-state index contributed by atoms with van der Waals surface area (Å²) < 4.78 is 63.5. The van der Waals surface area contributed by atoms with Crippen molar-refractivity contribution >= 4 is 57.2 Å². The third kappa shape index (κ3) is 11.5. The number of anilines is 2. The van der Waals surface area contributed by atoms with E-state index in [0.29, 0.717) is 5.82 Å². The van der Waals surface area contributed by atoms with Gasteiger partial charge in [-0.15, -0.1) is 0 Å². The number of aliphatic carboxylic acids is 2. The van der Waals surface area contributed by atoms with Gasteiger partial charge in [0, 0.05) is 17.5 Å². The summed E-state index contributed by atoms with van der Waals surface area (Å²) in [5.41, 5.74) is 8.45. The van der Waals surface area contributed by atoms with Gasteiger partial charge in [-0.05, 0) is 48.2 Å². The molecule has 1 aliphatic carbocycles. The van der Waals surface area contributed by atoms with Crippen LogP contribution in [0.15, 0.2) is 60.7 Å². The molecule has 268 valence electrons. The van der Waals surface area contributed by atoms with Crippen molar-refractivity contribution in [2.24, 2.45) is 5.73 Å². The number of nitrogens with two attached hydrogens (primary N) is 1. The number of hydrogen-bond donors (Lipinski definition) is 7. The minimum atomic E-state index is -5.08. The Hall–Kier alpha value is -5.68. The molecule has 12 nitrogen and oxygen atoms in total. The zero-order valence-corrected chi connectivity index (χ0v) is 26.3. The summed E-state index contributed by atoms with van der Waals surface area (Å²) in [5.74, 6) is -4.77. The Bertz CT molecular complexity index is 1820. The van der Waals surface area contributed by atoms with Crippen molar-refractivity contribution in [2.45, 2.75) is 63.5 Å².